The van der Waals surface area contributed by atoms with Crippen molar-refractivity contribution >= 4 is 46.0 Å². The summed E-state index contributed by atoms with van der Waals surface area (Å²) in [6, 6.07) is 8.35. The molecule has 1 saturated carbocycles. The molecule has 2 bridgehead atoms. The van der Waals surface area contributed by atoms with Gasteiger partial charge >= 0.3 is 0 Å². The van der Waals surface area contributed by atoms with Crippen molar-refractivity contribution in [2.45, 2.75) is 50.9 Å². The normalized spacial score (nSPS) is 19.7. The number of piperazine rings is 1. The molecule has 6 rings (SSSR count). The van der Waals surface area contributed by atoms with Crippen molar-refractivity contribution in [2.24, 2.45) is 0 Å². The molecule has 0 spiro atoms. The van der Waals surface area contributed by atoms with Crippen LogP contribution in [0.15, 0.2) is 42.1 Å². The monoisotopic (exact) mass is 646 g/mol. The van der Waals surface area contributed by atoms with E-state index in [0.29, 0.717) is 50.8 Å². The van der Waals surface area contributed by atoms with E-state index in [0.717, 1.165) is 35.4 Å². The topological polar surface area (TPSA) is 85.0 Å². The second-order valence-corrected chi connectivity index (χ2v) is 12.8. The fourth-order valence-electron chi connectivity index (χ4n) is 5.65. The standard InChI is InChI=1S/C31H33Cl2FN4O4S/c1-17-9-23(32)29(24(33)10-17)41-7-8-42-31-36-15-27(43-31)22-12-19-13-35-14-26(37-19)28(22)30(39)38(20-3-4-20)16-18-11-21(40-2)5-6-25(18)34/h5-6,9-11,15,19-20,26,35,37H,3-4,7-8,12-14,16H2,1-2H3/t19?,26-/m1/s1. The molecule has 1 unspecified atom stereocenters. The second kappa shape index (κ2) is 13.0. The molecule has 2 atom stereocenters. The van der Waals surface area contributed by atoms with Gasteiger partial charge in [-0.3, -0.25) is 4.79 Å². The Labute approximate surface area is 264 Å². The average molecular weight is 648 g/mol. The third-order valence-corrected chi connectivity index (χ3v) is 9.38. The number of benzene rings is 2. The van der Waals surface area contributed by atoms with Gasteiger partial charge in [0.1, 0.15) is 24.8 Å². The molecule has 228 valence electrons. The lowest BCUT2D eigenvalue weighted by molar-refractivity contribution is -0.128. The highest BCUT2D eigenvalue weighted by molar-refractivity contribution is 7.14. The molecule has 8 nitrogen and oxygen atoms in total. The summed E-state index contributed by atoms with van der Waals surface area (Å²) in [6.07, 6.45) is 4.25. The number of aromatic nitrogens is 1. The number of nitrogens with one attached hydrogen (secondary N) is 2. The minimum Gasteiger partial charge on any atom is -0.497 e. The zero-order chi connectivity index (χ0) is 30.1. The highest BCUT2D eigenvalue weighted by atomic mass is 35.5. The molecule has 3 heterocycles. The van der Waals surface area contributed by atoms with Crippen LogP contribution in [0.4, 0.5) is 4.39 Å². The maximum absolute atomic E-state index is 14.8. The van der Waals surface area contributed by atoms with E-state index in [-0.39, 0.29) is 49.6 Å². The van der Waals surface area contributed by atoms with Crippen LogP contribution in [0, 0.1) is 12.7 Å². The third-order valence-electron chi connectivity index (χ3n) is 7.85. The molecule has 1 saturated heterocycles. The summed E-state index contributed by atoms with van der Waals surface area (Å²) < 4.78 is 31.8. The Morgan fingerprint density at radius 2 is 1.91 bits per heavy atom. The van der Waals surface area contributed by atoms with E-state index in [1.807, 2.05) is 11.8 Å². The molecule has 0 radical (unpaired) electrons. The van der Waals surface area contributed by atoms with Crippen LogP contribution in [0.25, 0.3) is 5.57 Å². The Morgan fingerprint density at radius 3 is 2.65 bits per heavy atom. The first kappa shape index (κ1) is 30.1. The van der Waals surface area contributed by atoms with Gasteiger partial charge in [-0.25, -0.2) is 9.37 Å². The number of ether oxygens (including phenoxy) is 3. The molecule has 12 heteroatoms. The number of amides is 1. The molecular weight excluding hydrogens is 614 g/mol. The van der Waals surface area contributed by atoms with Crippen molar-refractivity contribution in [2.75, 3.05) is 33.4 Å². The summed E-state index contributed by atoms with van der Waals surface area (Å²) >= 11 is 14.0. The van der Waals surface area contributed by atoms with Crippen LogP contribution in [0.3, 0.4) is 0 Å². The van der Waals surface area contributed by atoms with Gasteiger partial charge in [0.15, 0.2) is 5.75 Å². The molecule has 3 aromatic rings. The third kappa shape index (κ3) is 6.78. The van der Waals surface area contributed by atoms with Crippen molar-refractivity contribution in [3.8, 4) is 16.7 Å². The van der Waals surface area contributed by atoms with Gasteiger partial charge in [-0.05, 0) is 67.7 Å². The molecule has 2 aromatic carbocycles. The number of thiazole rings is 1. The molecule has 43 heavy (non-hydrogen) atoms. The van der Waals surface area contributed by atoms with Crippen LogP contribution in [0.2, 0.25) is 10.0 Å². The number of methoxy groups -OCH3 is 1. The zero-order valence-electron chi connectivity index (χ0n) is 23.9. The number of halogens is 3. The molecule has 1 amide bonds. The maximum atomic E-state index is 14.8. The Hall–Kier alpha value is -2.89. The lowest BCUT2D eigenvalue weighted by atomic mass is 9.86. The van der Waals surface area contributed by atoms with E-state index >= 15 is 0 Å². The SMILES string of the molecule is COc1ccc(F)c(CN(C(=O)C2=C(c3cnc(OCCOc4c(Cl)cc(C)cc4Cl)s3)CC3CNC[C@H]2N3)C2CC2)c1. The summed E-state index contributed by atoms with van der Waals surface area (Å²) in [4.78, 5) is 21.5. The van der Waals surface area contributed by atoms with Crippen molar-refractivity contribution < 1.29 is 23.4 Å². The predicted molar refractivity (Wildman–Crippen MR) is 166 cm³/mol. The Balaban J connectivity index is 1.21. The zero-order valence-corrected chi connectivity index (χ0v) is 26.3. The number of hydrogen-bond acceptors (Lipinski definition) is 8. The summed E-state index contributed by atoms with van der Waals surface area (Å²) in [5.41, 5.74) is 3.07. The smallest absolute Gasteiger partial charge is 0.273 e. The second-order valence-electron chi connectivity index (χ2n) is 11.0. The van der Waals surface area contributed by atoms with E-state index in [1.54, 1.807) is 37.6 Å². The number of fused-ring (bicyclic) bond motifs is 2. The van der Waals surface area contributed by atoms with Gasteiger partial charge in [0, 0.05) is 49.1 Å². The minimum atomic E-state index is -0.352. The van der Waals surface area contributed by atoms with Gasteiger partial charge in [-0.2, -0.15) is 0 Å². The summed E-state index contributed by atoms with van der Waals surface area (Å²) in [5.74, 6) is 0.561. The number of nitrogens with zero attached hydrogens (tertiary/aromatic N) is 2. The van der Waals surface area contributed by atoms with Crippen LogP contribution in [-0.4, -0.2) is 67.3 Å². The highest BCUT2D eigenvalue weighted by Gasteiger charge is 2.41. The fourth-order valence-corrected chi connectivity index (χ4v) is 7.21. The number of carbonyl (C=O) groups excluding carboxylic acids is 1. The lowest BCUT2D eigenvalue weighted by Crippen LogP contribution is -2.59. The number of carbonyl (C=O) groups is 1. The number of aryl methyl sites for hydroxylation is 1. The van der Waals surface area contributed by atoms with Crippen LogP contribution in [0.1, 0.15) is 35.3 Å². The molecule has 1 aromatic heterocycles. The van der Waals surface area contributed by atoms with Crippen LogP contribution in [-0.2, 0) is 11.3 Å². The van der Waals surface area contributed by atoms with Crippen molar-refractivity contribution in [3.05, 3.63) is 74.0 Å². The molecule has 2 aliphatic heterocycles. The Kier molecular flexibility index (Phi) is 9.11. The van der Waals surface area contributed by atoms with E-state index in [2.05, 4.69) is 15.6 Å². The van der Waals surface area contributed by atoms with E-state index in [1.165, 1.54) is 17.4 Å². The van der Waals surface area contributed by atoms with E-state index in [9.17, 15) is 9.18 Å². The van der Waals surface area contributed by atoms with Crippen LogP contribution in [0.5, 0.6) is 16.7 Å². The molecule has 3 aliphatic rings. The van der Waals surface area contributed by atoms with Gasteiger partial charge in [0.25, 0.3) is 11.1 Å². The van der Waals surface area contributed by atoms with Gasteiger partial charge in [-0.15, -0.1) is 0 Å². The van der Waals surface area contributed by atoms with Crippen molar-refractivity contribution in [3.63, 3.8) is 0 Å². The summed E-state index contributed by atoms with van der Waals surface area (Å²) in [6.45, 7) is 4.02. The van der Waals surface area contributed by atoms with E-state index < -0.39 is 0 Å². The van der Waals surface area contributed by atoms with Crippen LogP contribution < -0.4 is 24.8 Å². The Morgan fingerprint density at radius 1 is 1.14 bits per heavy atom. The molecular formula is C31H33Cl2FN4O4S. The first-order valence-electron chi connectivity index (χ1n) is 14.3. The fraction of sp³-hybridized carbons (Fsp3) is 0.419. The van der Waals surface area contributed by atoms with Crippen molar-refractivity contribution in [1.29, 1.82) is 0 Å². The van der Waals surface area contributed by atoms with Crippen LogP contribution >= 0.6 is 34.5 Å². The van der Waals surface area contributed by atoms with Gasteiger partial charge in [0.2, 0.25) is 0 Å². The average Bonchev–Trinajstić information content (AvgIpc) is 3.72. The predicted octanol–water partition coefficient (Wildman–Crippen LogP) is 5.64. The first-order chi connectivity index (χ1) is 20.8. The maximum Gasteiger partial charge on any atom is 0.273 e. The van der Waals surface area contributed by atoms with Gasteiger partial charge < -0.3 is 29.7 Å². The molecule has 2 N–H and O–H groups in total. The largest absolute Gasteiger partial charge is 0.497 e. The highest BCUT2D eigenvalue weighted by Crippen LogP contribution is 2.39. The van der Waals surface area contributed by atoms with Gasteiger partial charge in [0.05, 0.1) is 28.1 Å². The number of hydrogen-bond donors (Lipinski definition) is 2. The van der Waals surface area contributed by atoms with E-state index in [4.69, 9.17) is 37.4 Å². The number of rotatable bonds is 11. The summed E-state index contributed by atoms with van der Waals surface area (Å²) in [7, 11) is 1.55. The molecule has 1 aliphatic carbocycles. The minimum absolute atomic E-state index is 0.0736. The first-order valence-corrected chi connectivity index (χ1v) is 15.9. The van der Waals surface area contributed by atoms with Gasteiger partial charge in [-0.1, -0.05) is 34.5 Å². The summed E-state index contributed by atoms with van der Waals surface area (Å²) in [5, 5.41) is 8.46. The van der Waals surface area contributed by atoms with Crippen molar-refractivity contribution in [1.82, 2.24) is 20.5 Å². The molecule has 2 fully saturated rings. The Bertz CT molecular complexity index is 1520. The lowest BCUT2D eigenvalue weighted by Gasteiger charge is -2.40. The quantitative estimate of drug-likeness (QED) is 0.261.